The topological polar surface area (TPSA) is 55.7 Å². The average Bonchev–Trinajstić information content (AvgIpc) is 2.26. The molecule has 0 radical (unpaired) electrons. The average molecular weight is 244 g/mol. The van der Waals surface area contributed by atoms with Gasteiger partial charge in [0.05, 0.1) is 12.7 Å². The maximum absolute atomic E-state index is 9.84. The molecule has 1 aliphatic rings. The second kappa shape index (κ2) is 6.69. The molecule has 1 saturated carbocycles. The minimum Gasteiger partial charge on any atom is -0.394 e. The van der Waals surface area contributed by atoms with Crippen molar-refractivity contribution in [1.82, 2.24) is 10.2 Å². The molecule has 0 aromatic heterocycles. The zero-order chi connectivity index (χ0) is 12.9. The Morgan fingerprint density at radius 2 is 2.18 bits per heavy atom. The van der Waals surface area contributed by atoms with Crippen LogP contribution in [0.3, 0.4) is 0 Å². The molecule has 4 heteroatoms. The van der Waals surface area contributed by atoms with Gasteiger partial charge in [-0.3, -0.25) is 0 Å². The number of likely N-dealkylation sites (N-methyl/N-ethyl adjacent to an activating group) is 1. The van der Waals surface area contributed by atoms with E-state index in [-0.39, 0.29) is 18.2 Å². The molecule has 1 rings (SSSR count). The third-order valence-electron chi connectivity index (χ3n) is 3.68. The van der Waals surface area contributed by atoms with Gasteiger partial charge in [-0.05, 0) is 32.9 Å². The second-order valence-corrected chi connectivity index (χ2v) is 5.94. The highest BCUT2D eigenvalue weighted by Crippen LogP contribution is 2.31. The van der Waals surface area contributed by atoms with Crippen LogP contribution in [0.1, 0.15) is 32.6 Å². The van der Waals surface area contributed by atoms with Gasteiger partial charge in [0.1, 0.15) is 0 Å². The molecule has 4 nitrogen and oxygen atoms in total. The lowest BCUT2D eigenvalue weighted by Gasteiger charge is -2.40. The summed E-state index contributed by atoms with van der Waals surface area (Å²) in [5.74, 6) is 0.661. The summed E-state index contributed by atoms with van der Waals surface area (Å²) in [6.07, 6.45) is 4.08. The van der Waals surface area contributed by atoms with Crippen LogP contribution >= 0.6 is 0 Å². The zero-order valence-corrected chi connectivity index (χ0v) is 11.4. The van der Waals surface area contributed by atoms with E-state index in [4.69, 9.17) is 0 Å². The summed E-state index contributed by atoms with van der Waals surface area (Å²) >= 11 is 0. The van der Waals surface area contributed by atoms with Gasteiger partial charge < -0.3 is 20.4 Å². The molecule has 3 unspecified atom stereocenters. The lowest BCUT2D eigenvalue weighted by molar-refractivity contribution is 0.0714. The molecule has 1 fully saturated rings. The molecule has 102 valence electrons. The van der Waals surface area contributed by atoms with Gasteiger partial charge in [0.15, 0.2) is 0 Å². The quantitative estimate of drug-likeness (QED) is 0.634. The van der Waals surface area contributed by atoms with E-state index in [0.717, 1.165) is 12.8 Å². The molecule has 0 amide bonds. The standard InChI is InChI=1S/C13H28N2O2/c1-11-5-4-6-13(7-11,10-16)14-8-12(17)9-15(2)3/h11-12,14,16-17H,4-10H2,1-3H3. The molecule has 1 aliphatic carbocycles. The minimum absolute atomic E-state index is 0.162. The van der Waals surface area contributed by atoms with E-state index in [9.17, 15) is 10.2 Å². The van der Waals surface area contributed by atoms with E-state index in [0.29, 0.717) is 19.0 Å². The third-order valence-corrected chi connectivity index (χ3v) is 3.68. The highest BCUT2D eigenvalue weighted by Gasteiger charge is 2.34. The van der Waals surface area contributed by atoms with Gasteiger partial charge in [-0.15, -0.1) is 0 Å². The highest BCUT2D eigenvalue weighted by molar-refractivity contribution is 4.93. The number of aliphatic hydroxyl groups excluding tert-OH is 2. The Hall–Kier alpha value is -0.160. The van der Waals surface area contributed by atoms with Crippen molar-refractivity contribution in [2.45, 2.75) is 44.2 Å². The lowest BCUT2D eigenvalue weighted by atomic mass is 9.77. The molecule has 0 saturated heterocycles. The summed E-state index contributed by atoms with van der Waals surface area (Å²) in [6.45, 7) is 3.63. The van der Waals surface area contributed by atoms with Crippen molar-refractivity contribution in [3.05, 3.63) is 0 Å². The Labute approximate surface area is 105 Å². The van der Waals surface area contributed by atoms with Crippen LogP contribution in [-0.4, -0.2) is 60.5 Å². The maximum atomic E-state index is 9.84. The smallest absolute Gasteiger partial charge is 0.0791 e. The fourth-order valence-electron chi connectivity index (χ4n) is 2.84. The van der Waals surface area contributed by atoms with Crippen LogP contribution in [0.5, 0.6) is 0 Å². The molecule has 3 atom stereocenters. The zero-order valence-electron chi connectivity index (χ0n) is 11.4. The second-order valence-electron chi connectivity index (χ2n) is 5.94. The predicted molar refractivity (Wildman–Crippen MR) is 70.0 cm³/mol. The van der Waals surface area contributed by atoms with Crippen molar-refractivity contribution in [3.8, 4) is 0 Å². The Morgan fingerprint density at radius 3 is 2.71 bits per heavy atom. The molecule has 17 heavy (non-hydrogen) atoms. The van der Waals surface area contributed by atoms with E-state index < -0.39 is 0 Å². The molecule has 0 aliphatic heterocycles. The van der Waals surface area contributed by atoms with Gasteiger partial charge in [-0.25, -0.2) is 0 Å². The normalized spacial score (nSPS) is 31.8. The van der Waals surface area contributed by atoms with Crippen LogP contribution in [0.25, 0.3) is 0 Å². The fraction of sp³-hybridized carbons (Fsp3) is 1.00. The maximum Gasteiger partial charge on any atom is 0.0791 e. The molecule has 0 spiro atoms. The Balaban J connectivity index is 2.40. The van der Waals surface area contributed by atoms with Crippen molar-refractivity contribution in [1.29, 1.82) is 0 Å². The van der Waals surface area contributed by atoms with Gasteiger partial charge in [0.25, 0.3) is 0 Å². The van der Waals surface area contributed by atoms with Gasteiger partial charge in [-0.1, -0.05) is 19.8 Å². The summed E-state index contributed by atoms with van der Waals surface area (Å²) in [5, 5.41) is 22.8. The van der Waals surface area contributed by atoms with Crippen molar-refractivity contribution in [2.75, 3.05) is 33.8 Å². The first-order valence-corrected chi connectivity index (χ1v) is 6.66. The molecular weight excluding hydrogens is 216 g/mol. The molecule has 3 N–H and O–H groups in total. The molecular formula is C13H28N2O2. The van der Waals surface area contributed by atoms with Crippen molar-refractivity contribution >= 4 is 0 Å². The van der Waals surface area contributed by atoms with Gasteiger partial charge in [0.2, 0.25) is 0 Å². The van der Waals surface area contributed by atoms with E-state index in [2.05, 4.69) is 12.2 Å². The molecule has 0 bridgehead atoms. The lowest BCUT2D eigenvalue weighted by Crippen LogP contribution is -2.54. The van der Waals surface area contributed by atoms with E-state index >= 15 is 0 Å². The van der Waals surface area contributed by atoms with Gasteiger partial charge >= 0.3 is 0 Å². The minimum atomic E-state index is -0.370. The number of β-amino-alcohol motifs (C(OH)–C–C–N with tert-alkyl or cyclic N) is 1. The SMILES string of the molecule is CC1CCCC(CO)(NCC(O)CN(C)C)C1. The summed E-state index contributed by atoms with van der Waals surface area (Å²) in [4.78, 5) is 1.97. The van der Waals surface area contributed by atoms with E-state index in [1.165, 1.54) is 12.8 Å². The first kappa shape index (κ1) is 14.9. The number of nitrogens with zero attached hydrogens (tertiary/aromatic N) is 1. The molecule has 0 heterocycles. The Morgan fingerprint density at radius 1 is 1.47 bits per heavy atom. The molecule has 0 aromatic rings. The predicted octanol–water partition coefficient (Wildman–Crippen LogP) is 0.440. The van der Waals surface area contributed by atoms with Crippen LogP contribution in [0.2, 0.25) is 0 Å². The third kappa shape index (κ3) is 4.92. The van der Waals surface area contributed by atoms with E-state index in [1.807, 2.05) is 19.0 Å². The van der Waals surface area contributed by atoms with Crippen molar-refractivity contribution < 1.29 is 10.2 Å². The van der Waals surface area contributed by atoms with Gasteiger partial charge in [0, 0.05) is 18.6 Å². The van der Waals surface area contributed by atoms with Crippen LogP contribution in [-0.2, 0) is 0 Å². The number of aliphatic hydroxyl groups is 2. The largest absolute Gasteiger partial charge is 0.394 e. The van der Waals surface area contributed by atoms with Crippen LogP contribution in [0.15, 0.2) is 0 Å². The summed E-state index contributed by atoms with van der Waals surface area (Å²) < 4.78 is 0. The van der Waals surface area contributed by atoms with Crippen molar-refractivity contribution in [3.63, 3.8) is 0 Å². The van der Waals surface area contributed by atoms with Crippen LogP contribution < -0.4 is 5.32 Å². The van der Waals surface area contributed by atoms with Crippen LogP contribution in [0.4, 0.5) is 0 Å². The fourth-order valence-corrected chi connectivity index (χ4v) is 2.84. The summed E-state index contributed by atoms with van der Waals surface area (Å²) in [5.41, 5.74) is -0.162. The Bertz CT molecular complexity index is 223. The number of hydrogen-bond donors (Lipinski definition) is 3. The number of nitrogens with one attached hydrogen (secondary N) is 1. The monoisotopic (exact) mass is 244 g/mol. The number of rotatable bonds is 6. The summed E-state index contributed by atoms with van der Waals surface area (Å²) in [6, 6.07) is 0. The first-order chi connectivity index (χ1) is 7.97. The summed E-state index contributed by atoms with van der Waals surface area (Å²) in [7, 11) is 3.90. The molecule has 0 aromatic carbocycles. The number of hydrogen-bond acceptors (Lipinski definition) is 4. The Kier molecular flexibility index (Phi) is 5.86. The van der Waals surface area contributed by atoms with Crippen LogP contribution in [0, 0.1) is 5.92 Å². The first-order valence-electron chi connectivity index (χ1n) is 6.66. The highest BCUT2D eigenvalue weighted by atomic mass is 16.3. The van der Waals surface area contributed by atoms with Gasteiger partial charge in [-0.2, -0.15) is 0 Å². The van der Waals surface area contributed by atoms with Crippen molar-refractivity contribution in [2.24, 2.45) is 5.92 Å². The van der Waals surface area contributed by atoms with E-state index in [1.54, 1.807) is 0 Å².